The second-order valence-electron chi connectivity index (χ2n) is 14.1. The van der Waals surface area contributed by atoms with Gasteiger partial charge in [-0.25, -0.2) is 9.59 Å². The molecule has 0 aromatic heterocycles. The van der Waals surface area contributed by atoms with Crippen molar-refractivity contribution in [3.05, 3.63) is 71.3 Å². The van der Waals surface area contributed by atoms with Crippen LogP contribution in [0.1, 0.15) is 97.9 Å². The number of rotatable bonds is 13. The minimum Gasteiger partial charge on any atom is -0.458 e. The molecule has 0 bridgehead atoms. The summed E-state index contributed by atoms with van der Waals surface area (Å²) in [5.74, 6) is -1.17. The van der Waals surface area contributed by atoms with Crippen LogP contribution in [0.15, 0.2) is 54.6 Å². The maximum Gasteiger partial charge on any atom is 0.408 e. The SMILES string of the molecule is Cc1ccc(C(C(=O)NC(Cc2ccccc2)C(=O)OC(C)(C)C)N(C(=O)CNC(=O)OC(C)(C)C)C(C)CCC(C)C)cc1. The molecule has 0 saturated heterocycles. The van der Waals surface area contributed by atoms with E-state index in [1.807, 2.05) is 68.4 Å². The number of alkyl carbamates (subject to hydrolysis) is 1. The van der Waals surface area contributed by atoms with Gasteiger partial charge in [0.15, 0.2) is 0 Å². The molecule has 0 saturated carbocycles. The van der Waals surface area contributed by atoms with Crippen LogP contribution in [0.5, 0.6) is 0 Å². The van der Waals surface area contributed by atoms with Crippen LogP contribution >= 0.6 is 0 Å². The van der Waals surface area contributed by atoms with Gasteiger partial charge in [0.1, 0.15) is 29.8 Å². The second-order valence-corrected chi connectivity index (χ2v) is 14.1. The molecule has 0 radical (unpaired) electrons. The molecular formula is C36H53N3O6. The Morgan fingerprint density at radius 2 is 1.38 bits per heavy atom. The molecule has 0 spiro atoms. The highest BCUT2D eigenvalue weighted by Crippen LogP contribution is 2.27. The van der Waals surface area contributed by atoms with E-state index < -0.39 is 47.2 Å². The molecule has 0 heterocycles. The lowest BCUT2D eigenvalue weighted by atomic mass is 9.97. The summed E-state index contributed by atoms with van der Waals surface area (Å²) in [4.78, 5) is 55.8. The van der Waals surface area contributed by atoms with Gasteiger partial charge in [0.25, 0.3) is 0 Å². The van der Waals surface area contributed by atoms with Crippen molar-refractivity contribution in [1.29, 1.82) is 0 Å². The molecule has 2 aromatic rings. The van der Waals surface area contributed by atoms with Gasteiger partial charge >= 0.3 is 12.1 Å². The number of hydrogen-bond acceptors (Lipinski definition) is 6. The molecule has 0 aliphatic carbocycles. The zero-order valence-electron chi connectivity index (χ0n) is 28.7. The lowest BCUT2D eigenvalue weighted by Crippen LogP contribution is -2.54. The van der Waals surface area contributed by atoms with E-state index >= 15 is 0 Å². The van der Waals surface area contributed by atoms with Gasteiger partial charge in [-0.1, -0.05) is 74.0 Å². The van der Waals surface area contributed by atoms with Crippen LogP contribution in [-0.2, 0) is 30.3 Å². The van der Waals surface area contributed by atoms with E-state index in [2.05, 4.69) is 24.5 Å². The predicted octanol–water partition coefficient (Wildman–Crippen LogP) is 6.28. The molecule has 3 amide bonds. The number of carbonyl (C=O) groups is 4. The Balaban J connectivity index is 2.54. The lowest BCUT2D eigenvalue weighted by Gasteiger charge is -2.37. The van der Waals surface area contributed by atoms with E-state index in [1.165, 1.54) is 4.90 Å². The number of aryl methyl sites for hydroxylation is 1. The van der Waals surface area contributed by atoms with Gasteiger partial charge in [0.05, 0.1) is 0 Å². The fraction of sp³-hybridized carbons (Fsp3) is 0.556. The number of carbonyl (C=O) groups excluding carboxylic acids is 4. The van der Waals surface area contributed by atoms with Crippen LogP contribution in [0.25, 0.3) is 0 Å². The third-order valence-corrected chi connectivity index (χ3v) is 6.92. The maximum absolute atomic E-state index is 14.4. The smallest absolute Gasteiger partial charge is 0.408 e. The van der Waals surface area contributed by atoms with Gasteiger partial charge in [-0.15, -0.1) is 0 Å². The summed E-state index contributed by atoms with van der Waals surface area (Å²) < 4.78 is 11.0. The zero-order chi connectivity index (χ0) is 33.9. The monoisotopic (exact) mass is 623 g/mol. The Hall–Kier alpha value is -3.88. The van der Waals surface area contributed by atoms with Gasteiger partial charge < -0.3 is 25.0 Å². The van der Waals surface area contributed by atoms with E-state index in [0.717, 1.165) is 17.5 Å². The maximum atomic E-state index is 14.4. The molecule has 3 atom stereocenters. The van der Waals surface area contributed by atoms with Crippen molar-refractivity contribution >= 4 is 23.9 Å². The van der Waals surface area contributed by atoms with Crippen molar-refractivity contribution in [1.82, 2.24) is 15.5 Å². The quantitative estimate of drug-likeness (QED) is 0.254. The molecule has 0 aliphatic rings. The fourth-order valence-electron chi connectivity index (χ4n) is 4.76. The Bertz CT molecular complexity index is 1260. The van der Waals surface area contributed by atoms with E-state index in [-0.39, 0.29) is 19.0 Å². The van der Waals surface area contributed by atoms with Crippen LogP contribution in [0.3, 0.4) is 0 Å². The standard InChI is InChI=1S/C36H53N3O6/c1-24(2)16-19-26(4)39(30(40)23-37-34(43)45-36(8,9)10)31(28-20-17-25(3)18-21-28)32(41)38-29(33(42)44-35(5,6)7)22-27-14-12-11-13-15-27/h11-15,17-18,20-21,24,26,29,31H,16,19,22-23H2,1-10H3,(H,37,43)(H,38,41). The van der Waals surface area contributed by atoms with E-state index in [0.29, 0.717) is 17.9 Å². The van der Waals surface area contributed by atoms with Gasteiger partial charge in [-0.2, -0.15) is 0 Å². The van der Waals surface area contributed by atoms with E-state index in [4.69, 9.17) is 9.47 Å². The minimum absolute atomic E-state index is 0.208. The van der Waals surface area contributed by atoms with Crippen molar-refractivity contribution in [3.8, 4) is 0 Å². The number of benzene rings is 2. The number of nitrogens with one attached hydrogen (secondary N) is 2. The first-order chi connectivity index (χ1) is 20.9. The number of esters is 1. The first-order valence-electron chi connectivity index (χ1n) is 15.8. The van der Waals surface area contributed by atoms with Gasteiger partial charge in [-0.3, -0.25) is 9.59 Å². The molecule has 2 aromatic carbocycles. The summed E-state index contributed by atoms with van der Waals surface area (Å²) in [5.41, 5.74) is 0.916. The Labute approximate surface area is 269 Å². The normalized spacial score (nSPS) is 13.8. The lowest BCUT2D eigenvalue weighted by molar-refractivity contribution is -0.159. The average molecular weight is 624 g/mol. The molecule has 45 heavy (non-hydrogen) atoms. The molecule has 0 aliphatic heterocycles. The molecular weight excluding hydrogens is 570 g/mol. The summed E-state index contributed by atoms with van der Waals surface area (Å²) in [5, 5.41) is 5.49. The zero-order valence-corrected chi connectivity index (χ0v) is 28.7. The molecule has 2 N–H and O–H groups in total. The third-order valence-electron chi connectivity index (χ3n) is 6.92. The van der Waals surface area contributed by atoms with E-state index in [1.54, 1.807) is 41.5 Å². The fourth-order valence-corrected chi connectivity index (χ4v) is 4.76. The first kappa shape index (κ1) is 37.3. The average Bonchev–Trinajstić information content (AvgIpc) is 2.92. The van der Waals surface area contributed by atoms with Crippen molar-refractivity contribution in [2.24, 2.45) is 5.92 Å². The van der Waals surface area contributed by atoms with Crippen molar-refractivity contribution < 1.29 is 28.7 Å². The number of hydrogen-bond donors (Lipinski definition) is 2. The Kier molecular flexibility index (Phi) is 13.6. The summed E-state index contributed by atoms with van der Waals surface area (Å²) >= 11 is 0. The second kappa shape index (κ2) is 16.4. The predicted molar refractivity (Wildman–Crippen MR) is 176 cm³/mol. The molecule has 2 rings (SSSR count). The van der Waals surface area contributed by atoms with Crippen molar-refractivity contribution in [2.45, 2.75) is 118 Å². The van der Waals surface area contributed by atoms with Crippen molar-refractivity contribution in [3.63, 3.8) is 0 Å². The summed E-state index contributed by atoms with van der Waals surface area (Å²) in [6.07, 6.45) is 0.931. The van der Waals surface area contributed by atoms with Crippen LogP contribution in [0.4, 0.5) is 4.79 Å². The molecule has 248 valence electrons. The number of ether oxygens (including phenoxy) is 2. The van der Waals surface area contributed by atoms with Crippen LogP contribution in [0.2, 0.25) is 0 Å². The molecule has 3 unspecified atom stereocenters. The van der Waals surface area contributed by atoms with Gasteiger partial charge in [0, 0.05) is 12.5 Å². The topological polar surface area (TPSA) is 114 Å². The molecule has 0 fully saturated rings. The minimum atomic E-state index is -1.08. The number of amides is 3. The first-order valence-corrected chi connectivity index (χ1v) is 15.8. The summed E-state index contributed by atoms with van der Waals surface area (Å²) in [7, 11) is 0. The third kappa shape index (κ3) is 13.3. The highest BCUT2D eigenvalue weighted by molar-refractivity contribution is 5.93. The Morgan fingerprint density at radius 3 is 1.91 bits per heavy atom. The summed E-state index contributed by atoms with van der Waals surface area (Å²) in [6, 6.07) is 14.3. The van der Waals surface area contributed by atoms with Crippen LogP contribution < -0.4 is 10.6 Å². The van der Waals surface area contributed by atoms with E-state index in [9.17, 15) is 19.2 Å². The molecule has 9 nitrogen and oxygen atoms in total. The highest BCUT2D eigenvalue weighted by Gasteiger charge is 2.37. The highest BCUT2D eigenvalue weighted by atomic mass is 16.6. The van der Waals surface area contributed by atoms with Gasteiger partial charge in [-0.05, 0) is 85.3 Å². The Morgan fingerprint density at radius 1 is 0.800 bits per heavy atom. The van der Waals surface area contributed by atoms with Crippen LogP contribution in [0, 0.1) is 12.8 Å². The van der Waals surface area contributed by atoms with Gasteiger partial charge in [0.2, 0.25) is 11.8 Å². The largest absolute Gasteiger partial charge is 0.458 e. The summed E-state index contributed by atoms with van der Waals surface area (Å²) in [6.45, 7) is 18.2. The van der Waals surface area contributed by atoms with Crippen molar-refractivity contribution in [2.75, 3.05) is 6.54 Å². The molecule has 9 heteroatoms. The van der Waals surface area contributed by atoms with Crippen LogP contribution in [-0.4, -0.2) is 58.6 Å². The number of nitrogens with zero attached hydrogens (tertiary/aromatic N) is 1.